The highest BCUT2D eigenvalue weighted by Gasteiger charge is 2.07. The van der Waals surface area contributed by atoms with Crippen molar-refractivity contribution < 1.29 is 28.5 Å². The van der Waals surface area contributed by atoms with Crippen LogP contribution >= 0.6 is 22.6 Å². The maximum absolute atomic E-state index is 2.33. The van der Waals surface area contributed by atoms with Crippen LogP contribution in [0.2, 0.25) is 0 Å². The first-order chi connectivity index (χ1) is 5.47. The number of rotatable bonds is 2. The molecule has 74 valence electrons. The van der Waals surface area contributed by atoms with Gasteiger partial charge in [-0.1, -0.05) is 12.1 Å². The molecule has 0 amide bonds. The van der Waals surface area contributed by atoms with Gasteiger partial charge in [0.25, 0.3) is 0 Å². The molecule has 0 atom stereocenters. The maximum atomic E-state index is 2.33. The predicted molar refractivity (Wildman–Crippen MR) is 60.9 cm³/mol. The lowest BCUT2D eigenvalue weighted by Gasteiger charge is -2.23. The summed E-state index contributed by atoms with van der Waals surface area (Å²) in [5, 5.41) is 0. The van der Waals surface area contributed by atoms with Crippen LogP contribution in [-0.4, -0.2) is 25.6 Å². The van der Waals surface area contributed by atoms with Crippen molar-refractivity contribution in [3.8, 4) is 0 Å². The summed E-state index contributed by atoms with van der Waals surface area (Å²) >= 11 is 2.33. The Morgan fingerprint density at radius 1 is 1.08 bits per heavy atom. The van der Waals surface area contributed by atoms with Gasteiger partial charge in [0, 0.05) is 9.13 Å². The molecule has 0 radical (unpaired) electrons. The van der Waals surface area contributed by atoms with Crippen LogP contribution in [0.3, 0.4) is 0 Å². The summed E-state index contributed by atoms with van der Waals surface area (Å²) in [6.45, 7) is 1.09. The first kappa shape index (κ1) is 13.6. The summed E-state index contributed by atoms with van der Waals surface area (Å²) in [6, 6.07) is 8.72. The highest BCUT2D eigenvalue weighted by molar-refractivity contribution is 14.1. The lowest BCUT2D eigenvalue weighted by molar-refractivity contribution is -0.884. The minimum Gasteiger partial charge on any atom is -1.00 e. The van der Waals surface area contributed by atoms with Crippen LogP contribution in [0.4, 0.5) is 0 Å². The van der Waals surface area contributed by atoms with Crippen LogP contribution in [0.5, 0.6) is 0 Å². The van der Waals surface area contributed by atoms with E-state index in [-0.39, 0.29) is 24.0 Å². The Bertz CT molecular complexity index is 249. The second kappa shape index (κ2) is 5.50. The molecule has 1 aromatic carbocycles. The zero-order valence-electron chi connectivity index (χ0n) is 8.22. The van der Waals surface area contributed by atoms with E-state index in [1.807, 2.05) is 0 Å². The fourth-order valence-electron chi connectivity index (χ4n) is 1.14. The number of nitrogens with zero attached hydrogens (tertiary/aromatic N) is 1. The molecule has 0 saturated carbocycles. The van der Waals surface area contributed by atoms with Crippen molar-refractivity contribution in [3.05, 3.63) is 33.4 Å². The van der Waals surface area contributed by atoms with E-state index in [0.717, 1.165) is 11.0 Å². The molecule has 0 N–H and O–H groups in total. The molecule has 0 unspecified atom stereocenters. The summed E-state index contributed by atoms with van der Waals surface area (Å²) in [5.41, 5.74) is 1.41. The van der Waals surface area contributed by atoms with Gasteiger partial charge in [-0.3, -0.25) is 0 Å². The Hall–Kier alpha value is 0.640. The van der Waals surface area contributed by atoms with Gasteiger partial charge in [-0.05, 0) is 34.7 Å². The van der Waals surface area contributed by atoms with Crippen LogP contribution in [0.15, 0.2) is 24.3 Å². The summed E-state index contributed by atoms with van der Waals surface area (Å²) < 4.78 is 2.29. The Kier molecular flexibility index (Phi) is 5.77. The Morgan fingerprint density at radius 3 is 1.92 bits per heavy atom. The maximum Gasteiger partial charge on any atom is 0.104 e. The second-order valence-electron chi connectivity index (χ2n) is 4.07. The highest BCUT2D eigenvalue weighted by atomic mass is 127. The predicted octanol–water partition coefficient (Wildman–Crippen LogP) is -0.499. The lowest BCUT2D eigenvalue weighted by Crippen LogP contribution is -3.00. The second-order valence-corrected chi connectivity index (χ2v) is 5.32. The average Bonchev–Trinajstić information content (AvgIpc) is 1.91. The first-order valence-electron chi connectivity index (χ1n) is 4.02. The van der Waals surface area contributed by atoms with Crippen molar-refractivity contribution >= 4 is 22.6 Å². The van der Waals surface area contributed by atoms with Crippen LogP contribution in [0.1, 0.15) is 5.56 Å². The summed E-state index contributed by atoms with van der Waals surface area (Å²) in [4.78, 5) is 0. The standard InChI is InChI=1S/C10H15IN.HI/c1-12(2,3)8-9-4-6-10(11)7-5-9;/h4-7H,8H2,1-3H3;1H/q+1;/p-1. The van der Waals surface area contributed by atoms with Gasteiger partial charge in [0.15, 0.2) is 0 Å². The van der Waals surface area contributed by atoms with Crippen LogP contribution in [0.25, 0.3) is 0 Å². The lowest BCUT2D eigenvalue weighted by atomic mass is 10.2. The van der Waals surface area contributed by atoms with E-state index in [4.69, 9.17) is 0 Å². The number of hydrogen-bond donors (Lipinski definition) is 0. The van der Waals surface area contributed by atoms with Crippen molar-refractivity contribution in [2.75, 3.05) is 21.1 Å². The van der Waals surface area contributed by atoms with Gasteiger partial charge in [-0.2, -0.15) is 0 Å². The molecule has 0 aliphatic carbocycles. The third kappa shape index (κ3) is 5.85. The molecule has 0 aromatic heterocycles. The number of hydrogen-bond acceptors (Lipinski definition) is 0. The van der Waals surface area contributed by atoms with Crippen molar-refractivity contribution in [2.24, 2.45) is 0 Å². The number of quaternary nitrogens is 1. The molecular weight excluding hydrogens is 388 g/mol. The molecule has 1 rings (SSSR count). The van der Waals surface area contributed by atoms with Crippen LogP contribution < -0.4 is 24.0 Å². The van der Waals surface area contributed by atoms with E-state index in [0.29, 0.717) is 0 Å². The molecule has 0 spiro atoms. The first-order valence-corrected chi connectivity index (χ1v) is 5.10. The van der Waals surface area contributed by atoms with Gasteiger partial charge >= 0.3 is 0 Å². The van der Waals surface area contributed by atoms with Gasteiger partial charge in [0.1, 0.15) is 6.54 Å². The molecule has 1 aromatic rings. The number of benzene rings is 1. The van der Waals surface area contributed by atoms with Crippen LogP contribution in [-0.2, 0) is 6.54 Å². The normalized spacial score (nSPS) is 10.8. The third-order valence-electron chi connectivity index (χ3n) is 1.57. The molecule has 13 heavy (non-hydrogen) atoms. The molecule has 0 aliphatic heterocycles. The molecule has 0 heterocycles. The van der Waals surface area contributed by atoms with Crippen molar-refractivity contribution in [3.63, 3.8) is 0 Å². The molecule has 0 saturated heterocycles. The van der Waals surface area contributed by atoms with E-state index in [2.05, 4.69) is 68.0 Å². The minimum absolute atomic E-state index is 0. The zero-order chi connectivity index (χ0) is 9.19. The molecule has 3 heteroatoms. The average molecular weight is 403 g/mol. The van der Waals surface area contributed by atoms with E-state index in [9.17, 15) is 0 Å². The fourth-order valence-corrected chi connectivity index (χ4v) is 1.50. The molecule has 0 bridgehead atoms. The molecule has 0 fully saturated rings. The summed E-state index contributed by atoms with van der Waals surface area (Å²) in [7, 11) is 6.62. The van der Waals surface area contributed by atoms with Gasteiger partial charge < -0.3 is 28.5 Å². The zero-order valence-corrected chi connectivity index (χ0v) is 12.5. The van der Waals surface area contributed by atoms with Gasteiger partial charge in [0.05, 0.1) is 21.1 Å². The number of halogens is 2. The van der Waals surface area contributed by atoms with E-state index in [1.165, 1.54) is 9.13 Å². The topological polar surface area (TPSA) is 0 Å². The molecule has 0 aliphatic rings. The Labute approximate surface area is 111 Å². The van der Waals surface area contributed by atoms with Gasteiger partial charge in [-0.25, -0.2) is 0 Å². The Morgan fingerprint density at radius 2 is 1.54 bits per heavy atom. The Balaban J connectivity index is 0.00000144. The van der Waals surface area contributed by atoms with Crippen LogP contribution in [0, 0.1) is 3.57 Å². The van der Waals surface area contributed by atoms with Crippen molar-refractivity contribution in [1.29, 1.82) is 0 Å². The minimum atomic E-state index is 0. The summed E-state index contributed by atoms with van der Waals surface area (Å²) in [6.07, 6.45) is 0. The van der Waals surface area contributed by atoms with E-state index >= 15 is 0 Å². The SMILES string of the molecule is C[N+](C)(C)Cc1ccc(I)cc1.[I-]. The smallest absolute Gasteiger partial charge is 0.104 e. The van der Waals surface area contributed by atoms with Crippen molar-refractivity contribution in [1.82, 2.24) is 0 Å². The van der Waals surface area contributed by atoms with Crippen molar-refractivity contribution in [2.45, 2.75) is 6.54 Å². The van der Waals surface area contributed by atoms with E-state index < -0.39 is 0 Å². The molecular formula is C10H15I2N. The quantitative estimate of drug-likeness (QED) is 0.462. The fraction of sp³-hybridized carbons (Fsp3) is 0.400. The van der Waals surface area contributed by atoms with Gasteiger partial charge in [-0.15, -0.1) is 0 Å². The largest absolute Gasteiger partial charge is 1.00 e. The monoisotopic (exact) mass is 403 g/mol. The van der Waals surface area contributed by atoms with E-state index in [1.54, 1.807) is 0 Å². The third-order valence-corrected chi connectivity index (χ3v) is 2.29. The summed E-state index contributed by atoms with van der Waals surface area (Å²) in [5.74, 6) is 0. The van der Waals surface area contributed by atoms with Gasteiger partial charge in [0.2, 0.25) is 0 Å². The molecule has 1 nitrogen and oxygen atoms in total. The highest BCUT2D eigenvalue weighted by Crippen LogP contribution is 2.10.